The SMILES string of the molecule is Cc1ccccc1-c1noc(C2(C)CCCC2N)n1. The third kappa shape index (κ3) is 1.96. The van der Waals surface area contributed by atoms with Crippen molar-refractivity contribution in [2.24, 2.45) is 5.73 Å². The molecule has 0 spiro atoms. The molecule has 1 aliphatic rings. The Morgan fingerprint density at radius 3 is 2.84 bits per heavy atom. The first-order chi connectivity index (χ1) is 9.11. The van der Waals surface area contributed by atoms with Crippen molar-refractivity contribution in [3.63, 3.8) is 0 Å². The van der Waals surface area contributed by atoms with Crippen LogP contribution in [0.5, 0.6) is 0 Å². The lowest BCUT2D eigenvalue weighted by Crippen LogP contribution is -2.38. The van der Waals surface area contributed by atoms with E-state index in [4.69, 9.17) is 10.3 Å². The molecule has 1 saturated carbocycles. The summed E-state index contributed by atoms with van der Waals surface area (Å²) >= 11 is 0. The van der Waals surface area contributed by atoms with Gasteiger partial charge in [0.2, 0.25) is 11.7 Å². The molecule has 4 nitrogen and oxygen atoms in total. The molecule has 2 N–H and O–H groups in total. The van der Waals surface area contributed by atoms with Gasteiger partial charge in [0.05, 0.1) is 5.41 Å². The predicted octanol–water partition coefficient (Wildman–Crippen LogP) is 2.81. The molecule has 19 heavy (non-hydrogen) atoms. The van der Waals surface area contributed by atoms with Crippen molar-refractivity contribution in [3.8, 4) is 11.4 Å². The zero-order valence-electron chi connectivity index (χ0n) is 11.4. The fourth-order valence-electron chi connectivity index (χ4n) is 2.85. The summed E-state index contributed by atoms with van der Waals surface area (Å²) in [5.41, 5.74) is 8.19. The molecule has 3 rings (SSSR count). The van der Waals surface area contributed by atoms with Gasteiger partial charge in [-0.15, -0.1) is 0 Å². The average molecular weight is 257 g/mol. The highest BCUT2D eigenvalue weighted by Gasteiger charge is 2.42. The van der Waals surface area contributed by atoms with E-state index < -0.39 is 0 Å². The first kappa shape index (κ1) is 12.4. The summed E-state index contributed by atoms with van der Waals surface area (Å²) < 4.78 is 5.49. The largest absolute Gasteiger partial charge is 0.338 e. The monoisotopic (exact) mass is 257 g/mol. The van der Waals surface area contributed by atoms with Gasteiger partial charge in [-0.05, 0) is 32.3 Å². The first-order valence-corrected chi connectivity index (χ1v) is 6.77. The smallest absolute Gasteiger partial charge is 0.234 e. The van der Waals surface area contributed by atoms with Gasteiger partial charge in [0.25, 0.3) is 0 Å². The number of rotatable bonds is 2. The van der Waals surface area contributed by atoms with E-state index in [1.165, 1.54) is 0 Å². The minimum Gasteiger partial charge on any atom is -0.338 e. The van der Waals surface area contributed by atoms with Gasteiger partial charge in [-0.25, -0.2) is 0 Å². The Morgan fingerprint density at radius 2 is 2.16 bits per heavy atom. The quantitative estimate of drug-likeness (QED) is 0.898. The summed E-state index contributed by atoms with van der Waals surface area (Å²) in [6.45, 7) is 4.17. The molecule has 1 aromatic heterocycles. The zero-order valence-corrected chi connectivity index (χ0v) is 11.4. The second-order valence-corrected chi connectivity index (χ2v) is 5.65. The molecule has 1 aromatic carbocycles. The molecule has 2 atom stereocenters. The summed E-state index contributed by atoms with van der Waals surface area (Å²) in [6, 6.07) is 8.17. The van der Waals surface area contributed by atoms with Gasteiger partial charge in [-0.1, -0.05) is 35.8 Å². The van der Waals surface area contributed by atoms with E-state index in [0.717, 1.165) is 30.4 Å². The van der Waals surface area contributed by atoms with Crippen LogP contribution in [0.4, 0.5) is 0 Å². The van der Waals surface area contributed by atoms with Crippen LogP contribution in [-0.4, -0.2) is 16.2 Å². The van der Waals surface area contributed by atoms with Crippen molar-refractivity contribution in [3.05, 3.63) is 35.7 Å². The second kappa shape index (κ2) is 4.46. The van der Waals surface area contributed by atoms with E-state index in [0.29, 0.717) is 11.7 Å². The van der Waals surface area contributed by atoms with Gasteiger partial charge in [0, 0.05) is 11.6 Å². The molecule has 1 aliphatic carbocycles. The zero-order chi connectivity index (χ0) is 13.5. The minimum atomic E-state index is -0.173. The summed E-state index contributed by atoms with van der Waals surface area (Å²) in [5.74, 6) is 1.34. The maximum atomic E-state index is 6.20. The van der Waals surface area contributed by atoms with E-state index in [1.54, 1.807) is 0 Å². The van der Waals surface area contributed by atoms with Crippen molar-refractivity contribution >= 4 is 0 Å². The third-order valence-electron chi connectivity index (χ3n) is 4.33. The average Bonchev–Trinajstić information content (AvgIpc) is 2.99. The number of nitrogens with two attached hydrogens (primary N) is 1. The molecule has 1 fully saturated rings. The van der Waals surface area contributed by atoms with E-state index in [-0.39, 0.29) is 11.5 Å². The molecular formula is C15H19N3O. The van der Waals surface area contributed by atoms with Crippen molar-refractivity contribution in [1.82, 2.24) is 10.1 Å². The Hall–Kier alpha value is -1.68. The van der Waals surface area contributed by atoms with Crippen molar-refractivity contribution in [2.75, 3.05) is 0 Å². The molecule has 0 amide bonds. The van der Waals surface area contributed by atoms with Gasteiger partial charge >= 0.3 is 0 Å². The van der Waals surface area contributed by atoms with Crippen molar-refractivity contribution < 1.29 is 4.52 Å². The number of hydrogen-bond acceptors (Lipinski definition) is 4. The Morgan fingerprint density at radius 1 is 1.37 bits per heavy atom. The molecule has 1 heterocycles. The van der Waals surface area contributed by atoms with Crippen LogP contribution in [0.15, 0.2) is 28.8 Å². The Labute approximate surface area is 113 Å². The predicted molar refractivity (Wildman–Crippen MR) is 73.6 cm³/mol. The van der Waals surface area contributed by atoms with Crippen LogP contribution in [0.25, 0.3) is 11.4 Å². The summed E-state index contributed by atoms with van der Waals surface area (Å²) in [4.78, 5) is 4.59. The third-order valence-corrected chi connectivity index (χ3v) is 4.33. The lowest BCUT2D eigenvalue weighted by molar-refractivity contribution is 0.278. The minimum absolute atomic E-state index is 0.109. The van der Waals surface area contributed by atoms with E-state index in [9.17, 15) is 0 Å². The van der Waals surface area contributed by atoms with Gasteiger partial charge < -0.3 is 10.3 Å². The maximum absolute atomic E-state index is 6.20. The molecule has 4 heteroatoms. The fourth-order valence-corrected chi connectivity index (χ4v) is 2.85. The van der Waals surface area contributed by atoms with E-state index >= 15 is 0 Å². The number of benzene rings is 1. The number of hydrogen-bond donors (Lipinski definition) is 1. The van der Waals surface area contributed by atoms with Crippen molar-refractivity contribution in [1.29, 1.82) is 0 Å². The molecule has 0 radical (unpaired) electrons. The van der Waals surface area contributed by atoms with Crippen LogP contribution in [-0.2, 0) is 5.41 Å². The molecule has 2 aromatic rings. The lowest BCUT2D eigenvalue weighted by Gasteiger charge is -2.23. The Balaban J connectivity index is 1.98. The highest BCUT2D eigenvalue weighted by molar-refractivity contribution is 5.59. The van der Waals surface area contributed by atoms with Crippen LogP contribution in [0.1, 0.15) is 37.6 Å². The molecular weight excluding hydrogens is 238 g/mol. The first-order valence-electron chi connectivity index (χ1n) is 6.77. The van der Waals surface area contributed by atoms with Crippen LogP contribution in [0, 0.1) is 6.92 Å². The number of nitrogens with zero attached hydrogens (tertiary/aromatic N) is 2. The standard InChI is InChI=1S/C15H19N3O/c1-10-6-3-4-7-11(10)13-17-14(19-18-13)15(2)9-5-8-12(15)16/h3-4,6-7,12H,5,8-9,16H2,1-2H3. The Bertz CT molecular complexity index is 593. The lowest BCUT2D eigenvalue weighted by atomic mass is 9.85. The topological polar surface area (TPSA) is 64.9 Å². The van der Waals surface area contributed by atoms with E-state index in [2.05, 4.69) is 17.1 Å². The molecule has 0 aliphatic heterocycles. The van der Waals surface area contributed by atoms with E-state index in [1.807, 2.05) is 31.2 Å². The summed E-state index contributed by atoms with van der Waals surface area (Å²) in [5, 5.41) is 4.13. The van der Waals surface area contributed by atoms with Gasteiger partial charge in [0.1, 0.15) is 0 Å². The van der Waals surface area contributed by atoms with Crippen LogP contribution in [0.3, 0.4) is 0 Å². The van der Waals surface area contributed by atoms with Crippen LogP contribution < -0.4 is 5.73 Å². The summed E-state index contributed by atoms with van der Waals surface area (Å²) in [7, 11) is 0. The van der Waals surface area contributed by atoms with Gasteiger partial charge in [0.15, 0.2) is 0 Å². The number of aromatic nitrogens is 2. The van der Waals surface area contributed by atoms with Crippen LogP contribution in [0.2, 0.25) is 0 Å². The van der Waals surface area contributed by atoms with Gasteiger partial charge in [-0.2, -0.15) is 4.98 Å². The fraction of sp³-hybridized carbons (Fsp3) is 0.467. The molecule has 0 bridgehead atoms. The normalized spacial score (nSPS) is 26.8. The number of aryl methyl sites for hydroxylation is 1. The molecule has 100 valence electrons. The van der Waals surface area contributed by atoms with Crippen molar-refractivity contribution in [2.45, 2.75) is 44.6 Å². The highest BCUT2D eigenvalue weighted by atomic mass is 16.5. The summed E-state index contributed by atoms with van der Waals surface area (Å²) in [6.07, 6.45) is 3.17. The Kier molecular flexibility index (Phi) is 2.90. The van der Waals surface area contributed by atoms with Crippen LogP contribution >= 0.6 is 0 Å². The molecule has 2 unspecified atom stereocenters. The second-order valence-electron chi connectivity index (χ2n) is 5.65. The van der Waals surface area contributed by atoms with Gasteiger partial charge in [-0.3, -0.25) is 0 Å². The molecule has 0 saturated heterocycles. The maximum Gasteiger partial charge on any atom is 0.234 e. The highest BCUT2D eigenvalue weighted by Crippen LogP contribution is 2.39.